The van der Waals surface area contributed by atoms with Crippen molar-refractivity contribution in [3.8, 4) is 5.75 Å². The van der Waals surface area contributed by atoms with Crippen LogP contribution in [0.1, 0.15) is 38.3 Å². The Morgan fingerprint density at radius 1 is 1.36 bits per heavy atom. The standard InChI is InChI=1S/C17H24BrN5O2/c1-10-14(18)23-16(19-10)13-12(22(3)8-9-25-13)15(21-23)20-11-4-6-17(2,24)7-5-11/h11,24H,4-9H2,1-3H3,(H,20,21). The van der Waals surface area contributed by atoms with Gasteiger partial charge in [0.05, 0.1) is 17.8 Å². The number of hydrogen-bond donors (Lipinski definition) is 2. The summed E-state index contributed by atoms with van der Waals surface area (Å²) < 4.78 is 8.62. The summed E-state index contributed by atoms with van der Waals surface area (Å²) in [6.07, 6.45) is 3.46. The van der Waals surface area contributed by atoms with E-state index in [1.165, 1.54) is 0 Å². The van der Waals surface area contributed by atoms with Gasteiger partial charge in [-0.25, -0.2) is 9.50 Å². The lowest BCUT2D eigenvalue weighted by Gasteiger charge is -2.35. The zero-order valence-electron chi connectivity index (χ0n) is 14.8. The fraction of sp³-hybridized carbons (Fsp3) is 0.647. The third-order valence-corrected chi connectivity index (χ3v) is 6.17. The van der Waals surface area contributed by atoms with Gasteiger partial charge in [-0.15, -0.1) is 5.10 Å². The first-order chi connectivity index (χ1) is 11.9. The van der Waals surface area contributed by atoms with Gasteiger partial charge in [0.25, 0.3) is 0 Å². The Morgan fingerprint density at radius 3 is 2.80 bits per heavy atom. The van der Waals surface area contributed by atoms with Crippen molar-refractivity contribution in [1.29, 1.82) is 0 Å². The van der Waals surface area contributed by atoms with Crippen LogP contribution in [-0.4, -0.2) is 51.5 Å². The molecule has 2 N–H and O–H groups in total. The van der Waals surface area contributed by atoms with Gasteiger partial charge >= 0.3 is 0 Å². The van der Waals surface area contributed by atoms with Crippen molar-refractivity contribution in [2.75, 3.05) is 30.4 Å². The molecular weight excluding hydrogens is 386 g/mol. The quantitative estimate of drug-likeness (QED) is 0.793. The van der Waals surface area contributed by atoms with Crippen molar-refractivity contribution >= 4 is 33.1 Å². The molecule has 0 radical (unpaired) electrons. The molecule has 0 bridgehead atoms. The Bertz CT molecular complexity index is 809. The Labute approximate surface area is 155 Å². The Hall–Kier alpha value is -1.54. The molecule has 7 nitrogen and oxygen atoms in total. The number of rotatable bonds is 2. The number of anilines is 2. The number of ether oxygens (including phenoxy) is 1. The summed E-state index contributed by atoms with van der Waals surface area (Å²) in [4.78, 5) is 6.78. The molecule has 0 atom stereocenters. The average molecular weight is 410 g/mol. The minimum Gasteiger partial charge on any atom is -0.486 e. The lowest BCUT2D eigenvalue weighted by Crippen LogP contribution is -2.37. The maximum Gasteiger partial charge on any atom is 0.200 e. The zero-order chi connectivity index (χ0) is 17.8. The van der Waals surface area contributed by atoms with Crippen LogP contribution in [0.3, 0.4) is 0 Å². The van der Waals surface area contributed by atoms with Gasteiger partial charge in [0.1, 0.15) is 16.9 Å². The molecule has 0 spiro atoms. The summed E-state index contributed by atoms with van der Waals surface area (Å²) in [6.45, 7) is 5.33. The first kappa shape index (κ1) is 16.9. The van der Waals surface area contributed by atoms with Crippen LogP contribution in [0.5, 0.6) is 5.75 Å². The van der Waals surface area contributed by atoms with Crippen LogP contribution in [0.2, 0.25) is 0 Å². The highest BCUT2D eigenvalue weighted by Gasteiger charge is 2.31. The molecule has 0 unspecified atom stereocenters. The second-order valence-electron chi connectivity index (χ2n) is 7.44. The van der Waals surface area contributed by atoms with Crippen molar-refractivity contribution in [2.45, 2.75) is 51.2 Å². The number of nitrogens with zero attached hydrogens (tertiary/aromatic N) is 4. The molecule has 136 valence electrons. The fourth-order valence-corrected chi connectivity index (χ4v) is 3.99. The van der Waals surface area contributed by atoms with E-state index in [9.17, 15) is 5.11 Å². The Balaban J connectivity index is 1.75. The second kappa shape index (κ2) is 6.02. The molecule has 2 aliphatic rings. The van der Waals surface area contributed by atoms with E-state index in [0.717, 1.165) is 65.4 Å². The van der Waals surface area contributed by atoms with Gasteiger partial charge in [0.15, 0.2) is 17.2 Å². The number of nitrogens with one attached hydrogen (secondary N) is 1. The molecule has 25 heavy (non-hydrogen) atoms. The number of fused-ring (bicyclic) bond motifs is 3. The Kier molecular flexibility index (Phi) is 4.07. The summed E-state index contributed by atoms with van der Waals surface area (Å²) in [5, 5.41) is 18.6. The van der Waals surface area contributed by atoms with Crippen LogP contribution in [0.15, 0.2) is 4.60 Å². The molecule has 0 saturated heterocycles. The van der Waals surface area contributed by atoms with Crippen molar-refractivity contribution in [3.05, 3.63) is 10.3 Å². The minimum absolute atomic E-state index is 0.299. The van der Waals surface area contributed by atoms with Crippen LogP contribution in [0.25, 0.3) is 5.65 Å². The Morgan fingerprint density at radius 2 is 2.08 bits per heavy atom. The van der Waals surface area contributed by atoms with Crippen LogP contribution in [-0.2, 0) is 0 Å². The summed E-state index contributed by atoms with van der Waals surface area (Å²) in [5.74, 6) is 1.59. The molecule has 1 fully saturated rings. The van der Waals surface area contributed by atoms with Gasteiger partial charge in [-0.1, -0.05) is 0 Å². The summed E-state index contributed by atoms with van der Waals surface area (Å²) in [5.41, 5.74) is 2.05. The highest BCUT2D eigenvalue weighted by Crippen LogP contribution is 2.41. The highest BCUT2D eigenvalue weighted by molar-refractivity contribution is 9.10. The molecule has 3 heterocycles. The minimum atomic E-state index is -0.542. The summed E-state index contributed by atoms with van der Waals surface area (Å²) in [7, 11) is 2.06. The van der Waals surface area contributed by atoms with Gasteiger partial charge in [-0.05, 0) is 55.5 Å². The molecule has 1 aliphatic carbocycles. The molecule has 0 aromatic carbocycles. The average Bonchev–Trinajstić information content (AvgIpc) is 2.85. The van der Waals surface area contributed by atoms with E-state index >= 15 is 0 Å². The lowest BCUT2D eigenvalue weighted by molar-refractivity contribution is 0.0196. The topological polar surface area (TPSA) is 74.9 Å². The lowest BCUT2D eigenvalue weighted by atomic mass is 9.83. The van der Waals surface area contributed by atoms with Crippen molar-refractivity contribution in [2.24, 2.45) is 0 Å². The van der Waals surface area contributed by atoms with Crippen LogP contribution < -0.4 is 15.0 Å². The number of aromatic nitrogens is 3. The molecule has 1 saturated carbocycles. The predicted molar refractivity (Wildman–Crippen MR) is 101 cm³/mol. The summed E-state index contributed by atoms with van der Waals surface area (Å²) >= 11 is 3.58. The van der Waals surface area contributed by atoms with Crippen molar-refractivity contribution < 1.29 is 9.84 Å². The second-order valence-corrected chi connectivity index (χ2v) is 8.19. The predicted octanol–water partition coefficient (Wildman–Crippen LogP) is 2.73. The monoisotopic (exact) mass is 409 g/mol. The van der Waals surface area contributed by atoms with Gasteiger partial charge in [0.2, 0.25) is 0 Å². The van der Waals surface area contributed by atoms with E-state index in [4.69, 9.17) is 9.84 Å². The molecule has 2 aromatic rings. The molecule has 0 amide bonds. The normalized spacial score (nSPS) is 26.4. The van der Waals surface area contributed by atoms with Crippen molar-refractivity contribution in [3.63, 3.8) is 0 Å². The maximum absolute atomic E-state index is 10.2. The van der Waals surface area contributed by atoms with Gasteiger partial charge in [-0.3, -0.25) is 0 Å². The largest absolute Gasteiger partial charge is 0.486 e. The zero-order valence-corrected chi connectivity index (χ0v) is 16.4. The molecule has 1 aliphatic heterocycles. The number of halogens is 1. The highest BCUT2D eigenvalue weighted by atomic mass is 79.9. The van der Waals surface area contributed by atoms with Crippen LogP contribution in [0.4, 0.5) is 11.5 Å². The molecular formula is C17H24BrN5O2. The third-order valence-electron chi connectivity index (χ3n) is 5.26. The maximum atomic E-state index is 10.2. The molecule has 4 rings (SSSR count). The van der Waals surface area contributed by atoms with E-state index in [-0.39, 0.29) is 0 Å². The van der Waals surface area contributed by atoms with E-state index in [1.807, 2.05) is 13.8 Å². The van der Waals surface area contributed by atoms with Crippen LogP contribution >= 0.6 is 15.9 Å². The van der Waals surface area contributed by atoms with E-state index in [0.29, 0.717) is 12.6 Å². The van der Waals surface area contributed by atoms with Crippen LogP contribution in [0, 0.1) is 6.92 Å². The van der Waals surface area contributed by atoms with Gasteiger partial charge in [-0.2, -0.15) is 0 Å². The smallest absolute Gasteiger partial charge is 0.200 e. The van der Waals surface area contributed by atoms with Crippen molar-refractivity contribution in [1.82, 2.24) is 14.6 Å². The number of aliphatic hydroxyl groups is 1. The van der Waals surface area contributed by atoms with Gasteiger partial charge < -0.3 is 20.1 Å². The number of likely N-dealkylation sites (N-methyl/N-ethyl adjacent to an activating group) is 1. The van der Waals surface area contributed by atoms with E-state index in [1.54, 1.807) is 4.52 Å². The molecule has 8 heteroatoms. The SMILES string of the molecule is Cc1nc2c3c(c(NC4CCC(C)(O)CC4)nn2c1Br)N(C)CCO3. The first-order valence-electron chi connectivity index (χ1n) is 8.77. The third kappa shape index (κ3) is 2.95. The molecule has 2 aromatic heterocycles. The number of aryl methyl sites for hydroxylation is 1. The first-order valence-corrected chi connectivity index (χ1v) is 9.57. The van der Waals surface area contributed by atoms with Gasteiger partial charge in [0, 0.05) is 13.1 Å². The van der Waals surface area contributed by atoms with E-state index < -0.39 is 5.60 Å². The summed E-state index contributed by atoms with van der Waals surface area (Å²) in [6, 6.07) is 0.299. The number of imidazole rings is 1. The number of hydrogen-bond acceptors (Lipinski definition) is 6. The van der Waals surface area contributed by atoms with E-state index in [2.05, 4.69) is 38.2 Å². The fourth-order valence-electron chi connectivity index (χ4n) is 3.66.